The maximum Gasteiger partial charge on any atom is 0.229 e. The molecular formula is C17H19Cl3N2O2. The van der Waals surface area contributed by atoms with Crippen LogP contribution in [-0.4, -0.2) is 22.0 Å². The molecule has 0 fully saturated rings. The van der Waals surface area contributed by atoms with Gasteiger partial charge in [-0.2, -0.15) is 0 Å². The number of hydrogen-bond donors (Lipinski definition) is 0. The van der Waals surface area contributed by atoms with Crippen LogP contribution in [0.25, 0.3) is 0 Å². The molecular weight excluding hydrogens is 371 g/mol. The van der Waals surface area contributed by atoms with E-state index in [-0.39, 0.29) is 17.2 Å². The van der Waals surface area contributed by atoms with Crippen LogP contribution in [0.15, 0.2) is 22.7 Å². The van der Waals surface area contributed by atoms with Gasteiger partial charge in [0.1, 0.15) is 0 Å². The van der Waals surface area contributed by atoms with Gasteiger partial charge >= 0.3 is 0 Å². The number of carbonyl (C=O) groups is 1. The number of aromatic nitrogens is 1. The van der Waals surface area contributed by atoms with Crippen molar-refractivity contribution in [3.63, 3.8) is 0 Å². The van der Waals surface area contributed by atoms with Crippen LogP contribution in [0.2, 0.25) is 15.3 Å². The second-order valence-corrected chi connectivity index (χ2v) is 7.04. The van der Waals surface area contributed by atoms with Gasteiger partial charge < -0.3 is 9.42 Å². The molecule has 130 valence electrons. The zero-order chi connectivity index (χ0) is 17.9. The van der Waals surface area contributed by atoms with E-state index in [0.717, 1.165) is 11.1 Å². The first kappa shape index (κ1) is 19.1. The van der Waals surface area contributed by atoms with Gasteiger partial charge in [-0.15, -0.1) is 0 Å². The molecule has 0 unspecified atom stereocenters. The minimum Gasteiger partial charge on any atom is -0.344 e. The molecule has 0 spiro atoms. The van der Waals surface area contributed by atoms with E-state index in [4.69, 9.17) is 39.3 Å². The molecule has 4 nitrogen and oxygen atoms in total. The summed E-state index contributed by atoms with van der Waals surface area (Å²) in [6, 6.07) is 5.46. The zero-order valence-electron chi connectivity index (χ0n) is 13.8. The lowest BCUT2D eigenvalue weighted by atomic mass is 10.1. The normalized spacial score (nSPS) is 11.1. The highest BCUT2D eigenvalue weighted by Gasteiger charge is 2.20. The molecule has 1 aromatic carbocycles. The van der Waals surface area contributed by atoms with Gasteiger partial charge in [-0.05, 0) is 56.5 Å². The molecule has 0 atom stereocenters. The Kier molecular flexibility index (Phi) is 6.55. The SMILES string of the molecule is Cc1noc(Cl)c1CCC(=O)N(Cc1ccc(Cl)c(Cl)c1)C(C)C. The minimum atomic E-state index is 0.0349. The number of hydrogen-bond acceptors (Lipinski definition) is 3. The van der Waals surface area contributed by atoms with Crippen molar-refractivity contribution in [2.75, 3.05) is 0 Å². The Labute approximate surface area is 156 Å². The Bertz CT molecular complexity index is 709. The van der Waals surface area contributed by atoms with E-state index in [1.165, 1.54) is 0 Å². The van der Waals surface area contributed by atoms with Crippen molar-refractivity contribution in [3.8, 4) is 0 Å². The minimum absolute atomic E-state index is 0.0349. The quantitative estimate of drug-likeness (QED) is 0.672. The van der Waals surface area contributed by atoms with Crippen LogP contribution >= 0.6 is 34.8 Å². The third-order valence-corrected chi connectivity index (χ3v) is 4.84. The first-order valence-electron chi connectivity index (χ1n) is 7.63. The predicted octanol–water partition coefficient (Wildman–Crippen LogP) is 5.31. The third kappa shape index (κ3) is 4.65. The van der Waals surface area contributed by atoms with E-state index in [2.05, 4.69) is 5.16 Å². The fourth-order valence-electron chi connectivity index (χ4n) is 2.41. The van der Waals surface area contributed by atoms with Crippen LogP contribution in [-0.2, 0) is 17.8 Å². The molecule has 7 heteroatoms. The van der Waals surface area contributed by atoms with Crippen LogP contribution < -0.4 is 0 Å². The van der Waals surface area contributed by atoms with Crippen LogP contribution in [0.4, 0.5) is 0 Å². The van der Waals surface area contributed by atoms with Crippen molar-refractivity contribution in [1.29, 1.82) is 0 Å². The molecule has 1 aromatic heterocycles. The van der Waals surface area contributed by atoms with E-state index in [1.807, 2.05) is 26.8 Å². The fourth-order valence-corrected chi connectivity index (χ4v) is 3.00. The Morgan fingerprint density at radius 1 is 1.25 bits per heavy atom. The Balaban J connectivity index is 2.06. The van der Waals surface area contributed by atoms with Crippen LogP contribution in [0.1, 0.15) is 37.1 Å². The fraction of sp³-hybridized carbons (Fsp3) is 0.412. The molecule has 2 rings (SSSR count). The van der Waals surface area contributed by atoms with E-state index < -0.39 is 0 Å². The summed E-state index contributed by atoms with van der Waals surface area (Å²) in [5, 5.41) is 5.04. The van der Waals surface area contributed by atoms with Crippen molar-refractivity contribution >= 4 is 40.7 Å². The molecule has 0 saturated heterocycles. The summed E-state index contributed by atoms with van der Waals surface area (Å²) in [6.45, 7) is 6.25. The van der Waals surface area contributed by atoms with Gasteiger partial charge in [0, 0.05) is 24.6 Å². The van der Waals surface area contributed by atoms with E-state index >= 15 is 0 Å². The van der Waals surface area contributed by atoms with Gasteiger partial charge in [0.25, 0.3) is 0 Å². The van der Waals surface area contributed by atoms with Crippen molar-refractivity contribution in [1.82, 2.24) is 10.1 Å². The number of aryl methyl sites for hydroxylation is 1. The highest BCUT2D eigenvalue weighted by Crippen LogP contribution is 2.24. The van der Waals surface area contributed by atoms with E-state index in [0.29, 0.717) is 35.1 Å². The molecule has 1 heterocycles. The van der Waals surface area contributed by atoms with Gasteiger partial charge in [-0.25, -0.2) is 0 Å². The molecule has 0 aliphatic heterocycles. The van der Waals surface area contributed by atoms with Gasteiger partial charge in [0.2, 0.25) is 11.1 Å². The molecule has 24 heavy (non-hydrogen) atoms. The van der Waals surface area contributed by atoms with Crippen molar-refractivity contribution in [2.45, 2.75) is 46.2 Å². The number of rotatable bonds is 6. The summed E-state index contributed by atoms with van der Waals surface area (Å²) in [5.74, 6) is 0.0349. The highest BCUT2D eigenvalue weighted by molar-refractivity contribution is 6.42. The van der Waals surface area contributed by atoms with Gasteiger partial charge in [0.15, 0.2) is 0 Å². The lowest BCUT2D eigenvalue weighted by Crippen LogP contribution is -2.36. The van der Waals surface area contributed by atoms with Crippen LogP contribution in [0.5, 0.6) is 0 Å². The average molecular weight is 390 g/mol. The van der Waals surface area contributed by atoms with Crippen LogP contribution in [0, 0.1) is 6.92 Å². The summed E-state index contributed by atoms with van der Waals surface area (Å²) in [7, 11) is 0. The largest absolute Gasteiger partial charge is 0.344 e. The molecule has 0 aliphatic carbocycles. The van der Waals surface area contributed by atoms with Crippen molar-refractivity contribution in [2.24, 2.45) is 0 Å². The second kappa shape index (κ2) is 8.24. The monoisotopic (exact) mass is 388 g/mol. The van der Waals surface area contributed by atoms with Crippen molar-refractivity contribution < 1.29 is 9.32 Å². The van der Waals surface area contributed by atoms with Crippen LogP contribution in [0.3, 0.4) is 0 Å². The Morgan fingerprint density at radius 3 is 2.50 bits per heavy atom. The molecule has 1 amide bonds. The lowest BCUT2D eigenvalue weighted by Gasteiger charge is -2.27. The summed E-state index contributed by atoms with van der Waals surface area (Å²) in [4.78, 5) is 14.4. The zero-order valence-corrected chi connectivity index (χ0v) is 16.0. The summed E-state index contributed by atoms with van der Waals surface area (Å²) in [5.41, 5.74) is 2.43. The number of nitrogens with zero attached hydrogens (tertiary/aromatic N) is 2. The molecule has 0 radical (unpaired) electrons. The summed E-state index contributed by atoms with van der Waals surface area (Å²) < 4.78 is 4.92. The molecule has 0 N–H and O–H groups in total. The highest BCUT2D eigenvalue weighted by atomic mass is 35.5. The smallest absolute Gasteiger partial charge is 0.229 e. The number of halogens is 3. The number of carbonyl (C=O) groups excluding carboxylic acids is 1. The maximum absolute atomic E-state index is 12.6. The Morgan fingerprint density at radius 2 is 1.96 bits per heavy atom. The topological polar surface area (TPSA) is 46.3 Å². The maximum atomic E-state index is 12.6. The summed E-state index contributed by atoms with van der Waals surface area (Å²) >= 11 is 17.9. The summed E-state index contributed by atoms with van der Waals surface area (Å²) in [6.07, 6.45) is 0.832. The average Bonchev–Trinajstić information content (AvgIpc) is 2.84. The molecule has 0 bridgehead atoms. The van der Waals surface area contributed by atoms with E-state index in [1.54, 1.807) is 17.0 Å². The number of benzene rings is 1. The van der Waals surface area contributed by atoms with E-state index in [9.17, 15) is 4.79 Å². The van der Waals surface area contributed by atoms with Gasteiger partial charge in [0.05, 0.1) is 15.7 Å². The Hall–Kier alpha value is -1.23. The predicted molar refractivity (Wildman–Crippen MR) is 96.7 cm³/mol. The third-order valence-electron chi connectivity index (χ3n) is 3.81. The second-order valence-electron chi connectivity index (χ2n) is 5.88. The molecule has 2 aromatic rings. The first-order valence-corrected chi connectivity index (χ1v) is 8.77. The first-order chi connectivity index (χ1) is 11.3. The lowest BCUT2D eigenvalue weighted by molar-refractivity contribution is -0.133. The molecule has 0 saturated carbocycles. The van der Waals surface area contributed by atoms with Crippen molar-refractivity contribution in [3.05, 3.63) is 50.3 Å². The standard InChI is InChI=1S/C17H19Cl3N2O2/c1-10(2)22(9-12-4-6-14(18)15(19)8-12)16(23)7-5-13-11(3)21-24-17(13)20/h4,6,8,10H,5,7,9H2,1-3H3. The molecule has 0 aliphatic rings. The number of amides is 1. The van der Waals surface area contributed by atoms with Gasteiger partial charge in [-0.3, -0.25) is 4.79 Å². The van der Waals surface area contributed by atoms with Gasteiger partial charge in [-0.1, -0.05) is 34.4 Å².